The van der Waals surface area contributed by atoms with E-state index in [2.05, 4.69) is 20.5 Å². The van der Waals surface area contributed by atoms with E-state index < -0.39 is 0 Å². The largest absolute Gasteiger partial charge is 0.399 e. The Morgan fingerprint density at radius 2 is 2.38 bits per heavy atom. The number of anilines is 2. The van der Waals surface area contributed by atoms with Gasteiger partial charge in [0, 0.05) is 5.69 Å². The summed E-state index contributed by atoms with van der Waals surface area (Å²) in [6.45, 7) is 0. The summed E-state index contributed by atoms with van der Waals surface area (Å²) in [5.74, 6) is 0.0964. The van der Waals surface area contributed by atoms with E-state index in [1.807, 2.05) is 12.1 Å². The van der Waals surface area contributed by atoms with Crippen molar-refractivity contribution in [2.45, 2.75) is 6.42 Å². The number of benzene rings is 1. The van der Waals surface area contributed by atoms with Gasteiger partial charge in [-0.1, -0.05) is 12.1 Å². The molecule has 2 aromatic rings. The maximum atomic E-state index is 11.5. The lowest BCUT2D eigenvalue weighted by atomic mass is 10.1. The van der Waals surface area contributed by atoms with Gasteiger partial charge in [0.15, 0.2) is 0 Å². The molecule has 1 aromatic heterocycles. The van der Waals surface area contributed by atoms with Gasteiger partial charge in [-0.2, -0.15) is 0 Å². The van der Waals surface area contributed by atoms with E-state index in [1.165, 1.54) is 6.33 Å². The number of aromatic amines is 1. The molecule has 1 aromatic carbocycles. The second-order valence-corrected chi connectivity index (χ2v) is 3.29. The van der Waals surface area contributed by atoms with Gasteiger partial charge in [-0.25, -0.2) is 4.98 Å². The minimum Gasteiger partial charge on any atom is -0.399 e. The third kappa shape index (κ3) is 2.57. The van der Waals surface area contributed by atoms with Crippen LogP contribution in [0.2, 0.25) is 0 Å². The van der Waals surface area contributed by atoms with Gasteiger partial charge in [-0.05, 0) is 17.7 Å². The Labute approximate surface area is 91.9 Å². The van der Waals surface area contributed by atoms with Gasteiger partial charge in [-0.3, -0.25) is 15.2 Å². The maximum Gasteiger partial charge on any atom is 0.248 e. The predicted octanol–water partition coefficient (Wildman–Crippen LogP) is 0.568. The Morgan fingerprint density at radius 3 is 3.06 bits per heavy atom. The van der Waals surface area contributed by atoms with Crippen LogP contribution in [-0.2, 0) is 11.2 Å². The normalized spacial score (nSPS) is 10.0. The summed E-state index contributed by atoms with van der Waals surface area (Å²) >= 11 is 0. The number of hydrogen-bond acceptors (Lipinski definition) is 4. The molecule has 0 saturated carbocycles. The summed E-state index contributed by atoms with van der Waals surface area (Å²) in [4.78, 5) is 15.3. The first-order valence-electron chi connectivity index (χ1n) is 4.74. The standard InChI is InChI=1S/C10H11N5O/c11-8-3-1-2-7(4-8)5-9(16)14-10-12-6-13-15-10/h1-4,6H,5,11H2,(H2,12,13,14,15,16). The molecule has 0 aliphatic rings. The highest BCUT2D eigenvalue weighted by Gasteiger charge is 2.05. The molecule has 0 bridgehead atoms. The van der Waals surface area contributed by atoms with Gasteiger partial charge in [-0.15, -0.1) is 5.10 Å². The van der Waals surface area contributed by atoms with Crippen LogP contribution in [0.15, 0.2) is 30.6 Å². The molecule has 1 heterocycles. The summed E-state index contributed by atoms with van der Waals surface area (Å²) in [5.41, 5.74) is 7.11. The Kier molecular flexibility index (Phi) is 2.81. The predicted molar refractivity (Wildman–Crippen MR) is 59.6 cm³/mol. The monoisotopic (exact) mass is 217 g/mol. The lowest BCUT2D eigenvalue weighted by molar-refractivity contribution is -0.115. The van der Waals surface area contributed by atoms with E-state index in [0.717, 1.165) is 5.56 Å². The van der Waals surface area contributed by atoms with E-state index in [9.17, 15) is 4.79 Å². The zero-order chi connectivity index (χ0) is 11.4. The Bertz CT molecular complexity index is 480. The molecule has 6 nitrogen and oxygen atoms in total. The van der Waals surface area contributed by atoms with Crippen molar-refractivity contribution in [3.8, 4) is 0 Å². The highest BCUT2D eigenvalue weighted by molar-refractivity contribution is 5.90. The van der Waals surface area contributed by atoms with Crippen LogP contribution in [0.4, 0.5) is 11.6 Å². The number of carbonyl (C=O) groups is 1. The van der Waals surface area contributed by atoms with Crippen LogP contribution in [0.25, 0.3) is 0 Å². The minimum absolute atomic E-state index is 0.176. The number of carbonyl (C=O) groups excluding carboxylic acids is 1. The fourth-order valence-corrected chi connectivity index (χ4v) is 1.33. The lowest BCUT2D eigenvalue weighted by Crippen LogP contribution is -2.15. The van der Waals surface area contributed by atoms with Crippen molar-refractivity contribution in [2.75, 3.05) is 11.1 Å². The van der Waals surface area contributed by atoms with Gasteiger partial charge < -0.3 is 5.73 Å². The molecule has 0 radical (unpaired) electrons. The summed E-state index contributed by atoms with van der Waals surface area (Å²) in [7, 11) is 0. The highest BCUT2D eigenvalue weighted by atomic mass is 16.1. The highest BCUT2D eigenvalue weighted by Crippen LogP contribution is 2.07. The number of amides is 1. The average Bonchev–Trinajstić information content (AvgIpc) is 2.70. The van der Waals surface area contributed by atoms with Gasteiger partial charge in [0.2, 0.25) is 11.9 Å². The fraction of sp³-hybridized carbons (Fsp3) is 0.100. The SMILES string of the molecule is Nc1cccc(CC(=O)Nc2nc[nH]n2)c1. The molecule has 0 spiro atoms. The molecule has 16 heavy (non-hydrogen) atoms. The van der Waals surface area contributed by atoms with Crippen molar-refractivity contribution in [2.24, 2.45) is 0 Å². The smallest absolute Gasteiger partial charge is 0.248 e. The molecule has 0 fully saturated rings. The number of nitrogens with one attached hydrogen (secondary N) is 2. The Morgan fingerprint density at radius 1 is 1.50 bits per heavy atom. The van der Waals surface area contributed by atoms with Crippen molar-refractivity contribution in [1.82, 2.24) is 15.2 Å². The molecule has 4 N–H and O–H groups in total. The van der Waals surface area contributed by atoms with Gasteiger partial charge >= 0.3 is 0 Å². The lowest BCUT2D eigenvalue weighted by Gasteiger charge is -2.02. The number of nitrogens with zero attached hydrogens (tertiary/aromatic N) is 2. The molecule has 82 valence electrons. The van der Waals surface area contributed by atoms with Crippen LogP contribution in [0.1, 0.15) is 5.56 Å². The van der Waals surface area contributed by atoms with Crippen molar-refractivity contribution in [3.05, 3.63) is 36.2 Å². The minimum atomic E-state index is -0.176. The summed E-state index contributed by atoms with van der Waals surface area (Å²) in [5, 5.41) is 8.79. The number of nitrogens with two attached hydrogens (primary N) is 1. The van der Waals surface area contributed by atoms with Gasteiger partial charge in [0.05, 0.1) is 6.42 Å². The van der Waals surface area contributed by atoms with Crippen molar-refractivity contribution in [1.29, 1.82) is 0 Å². The first kappa shape index (κ1) is 10.2. The topological polar surface area (TPSA) is 96.7 Å². The van der Waals surface area contributed by atoms with Crippen LogP contribution in [0, 0.1) is 0 Å². The maximum absolute atomic E-state index is 11.5. The molecule has 0 unspecified atom stereocenters. The molecule has 0 aliphatic carbocycles. The van der Waals surface area contributed by atoms with Crippen LogP contribution < -0.4 is 11.1 Å². The molecule has 1 amide bonds. The second kappa shape index (κ2) is 4.43. The van der Waals surface area contributed by atoms with Gasteiger partial charge in [0.25, 0.3) is 0 Å². The van der Waals surface area contributed by atoms with Crippen LogP contribution >= 0.6 is 0 Å². The fourth-order valence-electron chi connectivity index (χ4n) is 1.33. The van der Waals surface area contributed by atoms with Crippen LogP contribution in [-0.4, -0.2) is 21.1 Å². The second-order valence-electron chi connectivity index (χ2n) is 3.29. The number of rotatable bonds is 3. The van der Waals surface area contributed by atoms with E-state index in [4.69, 9.17) is 5.73 Å². The van der Waals surface area contributed by atoms with Crippen LogP contribution in [0.5, 0.6) is 0 Å². The molecule has 0 atom stereocenters. The molecule has 2 rings (SSSR count). The molecule has 6 heteroatoms. The Balaban J connectivity index is 1.97. The van der Waals surface area contributed by atoms with Crippen LogP contribution in [0.3, 0.4) is 0 Å². The van der Waals surface area contributed by atoms with E-state index in [0.29, 0.717) is 5.69 Å². The molecular formula is C10H11N5O. The Hall–Kier alpha value is -2.37. The third-order valence-electron chi connectivity index (χ3n) is 1.98. The molecule has 0 aliphatic heterocycles. The first-order chi connectivity index (χ1) is 7.74. The summed E-state index contributed by atoms with van der Waals surface area (Å²) in [6, 6.07) is 7.19. The number of H-pyrrole nitrogens is 1. The van der Waals surface area contributed by atoms with Gasteiger partial charge in [0.1, 0.15) is 6.33 Å². The molecule has 0 saturated heterocycles. The number of nitrogen functional groups attached to an aromatic ring is 1. The van der Waals surface area contributed by atoms with E-state index in [1.54, 1.807) is 12.1 Å². The number of aromatic nitrogens is 3. The number of hydrogen-bond donors (Lipinski definition) is 3. The van der Waals surface area contributed by atoms with Crippen molar-refractivity contribution < 1.29 is 4.79 Å². The zero-order valence-electron chi connectivity index (χ0n) is 8.47. The quantitative estimate of drug-likeness (QED) is 0.655. The summed E-state index contributed by atoms with van der Waals surface area (Å²) in [6.07, 6.45) is 1.65. The molecular weight excluding hydrogens is 206 g/mol. The first-order valence-corrected chi connectivity index (χ1v) is 4.74. The average molecular weight is 217 g/mol. The zero-order valence-corrected chi connectivity index (χ0v) is 8.47. The summed E-state index contributed by atoms with van der Waals surface area (Å²) < 4.78 is 0. The third-order valence-corrected chi connectivity index (χ3v) is 1.98. The van der Waals surface area contributed by atoms with Crippen molar-refractivity contribution >= 4 is 17.5 Å². The van der Waals surface area contributed by atoms with Crippen molar-refractivity contribution in [3.63, 3.8) is 0 Å². The van der Waals surface area contributed by atoms with E-state index >= 15 is 0 Å². The van der Waals surface area contributed by atoms with E-state index in [-0.39, 0.29) is 18.3 Å².